The molecule has 0 spiro atoms. The van der Waals surface area contributed by atoms with E-state index in [1.165, 1.54) is 29.2 Å². The van der Waals surface area contributed by atoms with Crippen LogP contribution in [0, 0.1) is 5.82 Å². The fourth-order valence-corrected chi connectivity index (χ4v) is 2.89. The van der Waals surface area contributed by atoms with Crippen molar-refractivity contribution in [2.45, 2.75) is 18.5 Å². The maximum absolute atomic E-state index is 13.0. The van der Waals surface area contributed by atoms with Crippen LogP contribution in [-0.2, 0) is 15.8 Å². The number of hydrogen-bond donors (Lipinski definition) is 1. The molecule has 2 aromatic rings. The van der Waals surface area contributed by atoms with E-state index in [9.17, 15) is 27.2 Å². The molecule has 0 aliphatic carbocycles. The third kappa shape index (κ3) is 4.42. The summed E-state index contributed by atoms with van der Waals surface area (Å²) in [5, 5.41) is 2.37. The van der Waals surface area contributed by atoms with Crippen molar-refractivity contribution in [2.24, 2.45) is 0 Å². The van der Waals surface area contributed by atoms with Crippen molar-refractivity contribution in [3.05, 3.63) is 59.5 Å². The summed E-state index contributed by atoms with van der Waals surface area (Å²) in [6.45, 7) is 0.119. The number of nitrogens with one attached hydrogen (secondary N) is 1. The van der Waals surface area contributed by atoms with Gasteiger partial charge in [0.15, 0.2) is 0 Å². The van der Waals surface area contributed by atoms with Crippen LogP contribution in [-0.4, -0.2) is 34.8 Å². The van der Waals surface area contributed by atoms with Crippen LogP contribution in [0.5, 0.6) is 0 Å². The summed E-state index contributed by atoms with van der Waals surface area (Å²) < 4.78 is 50.5. The van der Waals surface area contributed by atoms with E-state index in [4.69, 9.17) is 0 Å². The fourth-order valence-electron chi connectivity index (χ4n) is 2.89. The molecule has 1 fully saturated rings. The number of halogens is 4. The highest BCUT2D eigenvalue weighted by atomic mass is 19.4. The molecule has 0 saturated carbocycles. The van der Waals surface area contributed by atoms with Crippen molar-refractivity contribution in [1.82, 2.24) is 9.88 Å². The molecule has 1 aliphatic rings. The highest BCUT2D eigenvalue weighted by Crippen LogP contribution is 2.30. The first kappa shape index (κ1) is 18.8. The molecule has 3 rings (SSSR count). The Morgan fingerprint density at radius 3 is 2.48 bits per heavy atom. The fraction of sp³-hybridized carbons (Fsp3) is 0.278. The number of benzene rings is 1. The minimum absolute atomic E-state index is 0.0327. The van der Waals surface area contributed by atoms with Crippen molar-refractivity contribution in [3.8, 4) is 0 Å². The normalized spacial score (nSPS) is 17.3. The van der Waals surface area contributed by atoms with Crippen molar-refractivity contribution >= 4 is 17.6 Å². The van der Waals surface area contributed by atoms with E-state index in [1.54, 1.807) is 0 Å². The zero-order valence-electron chi connectivity index (χ0n) is 14.0. The Morgan fingerprint density at radius 1 is 1.19 bits per heavy atom. The predicted octanol–water partition coefficient (Wildman–Crippen LogP) is 3.19. The smallest absolute Gasteiger partial charge is 0.333 e. The lowest BCUT2D eigenvalue weighted by atomic mass is 9.98. The highest BCUT2D eigenvalue weighted by Gasteiger charge is 2.34. The van der Waals surface area contributed by atoms with E-state index in [0.717, 1.165) is 12.1 Å². The van der Waals surface area contributed by atoms with Gasteiger partial charge in [-0.3, -0.25) is 9.59 Å². The number of likely N-dealkylation sites (tertiary alicyclic amines) is 1. The number of carbonyl (C=O) groups excluding carboxylic acids is 2. The molecule has 1 unspecified atom stereocenters. The van der Waals surface area contributed by atoms with Crippen molar-refractivity contribution in [1.29, 1.82) is 0 Å². The number of carbonyl (C=O) groups is 2. The van der Waals surface area contributed by atoms with Crippen LogP contribution >= 0.6 is 0 Å². The topological polar surface area (TPSA) is 62.3 Å². The molecule has 2 amide bonds. The average Bonchev–Trinajstić information content (AvgIpc) is 2.96. The third-order valence-electron chi connectivity index (χ3n) is 4.26. The number of nitrogens with zero attached hydrogens (tertiary/aromatic N) is 2. The number of pyridine rings is 1. The zero-order chi connectivity index (χ0) is 19.6. The average molecular weight is 381 g/mol. The quantitative estimate of drug-likeness (QED) is 0.828. The van der Waals surface area contributed by atoms with E-state index in [2.05, 4.69) is 10.3 Å². The number of rotatable bonds is 4. The molecular formula is C18H15F4N3O2. The van der Waals surface area contributed by atoms with Crippen LogP contribution in [0.2, 0.25) is 0 Å². The van der Waals surface area contributed by atoms with Gasteiger partial charge in [0.25, 0.3) is 0 Å². The zero-order valence-corrected chi connectivity index (χ0v) is 14.0. The first-order chi connectivity index (χ1) is 12.7. The van der Waals surface area contributed by atoms with Gasteiger partial charge in [-0.25, -0.2) is 9.37 Å². The van der Waals surface area contributed by atoms with Crippen LogP contribution in [0.15, 0.2) is 42.6 Å². The second-order valence-electron chi connectivity index (χ2n) is 6.13. The second-order valence-corrected chi connectivity index (χ2v) is 6.13. The molecule has 0 radical (unpaired) electrons. The molecule has 1 saturated heterocycles. The lowest BCUT2D eigenvalue weighted by molar-refractivity contribution is -0.137. The highest BCUT2D eigenvalue weighted by molar-refractivity contribution is 5.95. The maximum atomic E-state index is 13.0. The van der Waals surface area contributed by atoms with Gasteiger partial charge >= 0.3 is 6.18 Å². The standard InChI is InChI=1S/C18H15F4N3O2/c19-13-4-1-11(2-5-13)14-7-8-25(17(14)27)10-16(26)24-15-6-3-12(9-23-15)18(20,21)22/h1-6,9,14H,7-8,10H2,(H,23,24,26). The summed E-state index contributed by atoms with van der Waals surface area (Å²) in [7, 11) is 0. The molecule has 27 heavy (non-hydrogen) atoms. The Morgan fingerprint density at radius 2 is 1.89 bits per heavy atom. The molecular weight excluding hydrogens is 366 g/mol. The van der Waals surface area contributed by atoms with Gasteiger partial charge in [0.2, 0.25) is 11.8 Å². The van der Waals surface area contributed by atoms with Gasteiger partial charge < -0.3 is 10.2 Å². The predicted molar refractivity (Wildman–Crippen MR) is 88.2 cm³/mol. The first-order valence-electron chi connectivity index (χ1n) is 8.11. The maximum Gasteiger partial charge on any atom is 0.417 e. The Hall–Kier alpha value is -2.97. The number of amides is 2. The summed E-state index contributed by atoms with van der Waals surface area (Å²) in [6, 6.07) is 7.48. The monoisotopic (exact) mass is 381 g/mol. The van der Waals surface area contributed by atoms with Gasteiger partial charge in [0, 0.05) is 12.7 Å². The molecule has 1 N–H and O–H groups in total. The van der Waals surface area contributed by atoms with Gasteiger partial charge in [-0.05, 0) is 36.2 Å². The van der Waals surface area contributed by atoms with Crippen LogP contribution in [0.25, 0.3) is 0 Å². The second kappa shape index (κ2) is 7.34. The summed E-state index contributed by atoms with van der Waals surface area (Å²) in [6.07, 6.45) is -3.38. The molecule has 5 nitrogen and oxygen atoms in total. The number of hydrogen-bond acceptors (Lipinski definition) is 3. The Labute approximate surface area is 152 Å². The lowest BCUT2D eigenvalue weighted by Gasteiger charge is -2.16. The Kier molecular flexibility index (Phi) is 5.11. The minimum Gasteiger partial charge on any atom is -0.333 e. The SMILES string of the molecule is O=C(CN1CCC(c2ccc(F)cc2)C1=O)Nc1ccc(C(F)(F)F)cn1. The summed E-state index contributed by atoms with van der Waals surface area (Å²) in [4.78, 5) is 29.4. The molecule has 1 atom stereocenters. The van der Waals surface area contributed by atoms with E-state index in [-0.39, 0.29) is 18.3 Å². The van der Waals surface area contributed by atoms with Gasteiger partial charge in [0.1, 0.15) is 11.6 Å². The largest absolute Gasteiger partial charge is 0.417 e. The third-order valence-corrected chi connectivity index (χ3v) is 4.26. The Balaban J connectivity index is 1.58. The minimum atomic E-state index is -4.51. The summed E-state index contributed by atoms with van der Waals surface area (Å²) in [5.41, 5.74) is -0.244. The van der Waals surface area contributed by atoms with Crippen molar-refractivity contribution < 1.29 is 27.2 Å². The summed E-state index contributed by atoms with van der Waals surface area (Å²) >= 11 is 0. The van der Waals surface area contributed by atoms with Gasteiger partial charge in [-0.1, -0.05) is 12.1 Å². The molecule has 1 aromatic carbocycles. The first-order valence-corrected chi connectivity index (χ1v) is 8.11. The van der Waals surface area contributed by atoms with E-state index < -0.39 is 29.4 Å². The lowest BCUT2D eigenvalue weighted by Crippen LogP contribution is -2.35. The molecule has 0 bridgehead atoms. The Bertz CT molecular complexity index is 835. The van der Waals surface area contributed by atoms with Gasteiger partial charge in [-0.2, -0.15) is 13.2 Å². The van der Waals surface area contributed by atoms with E-state index in [0.29, 0.717) is 24.7 Å². The van der Waals surface area contributed by atoms with Crippen LogP contribution in [0.4, 0.5) is 23.4 Å². The van der Waals surface area contributed by atoms with Gasteiger partial charge in [0.05, 0.1) is 18.0 Å². The molecule has 142 valence electrons. The molecule has 1 aliphatic heterocycles. The van der Waals surface area contributed by atoms with Crippen molar-refractivity contribution in [3.63, 3.8) is 0 Å². The van der Waals surface area contributed by atoms with Crippen LogP contribution < -0.4 is 5.32 Å². The molecule has 1 aromatic heterocycles. The van der Waals surface area contributed by atoms with E-state index in [1.807, 2.05) is 0 Å². The number of aromatic nitrogens is 1. The number of alkyl halides is 3. The van der Waals surface area contributed by atoms with Crippen LogP contribution in [0.3, 0.4) is 0 Å². The van der Waals surface area contributed by atoms with Crippen LogP contribution in [0.1, 0.15) is 23.5 Å². The number of anilines is 1. The van der Waals surface area contributed by atoms with Crippen molar-refractivity contribution in [2.75, 3.05) is 18.4 Å². The van der Waals surface area contributed by atoms with E-state index >= 15 is 0 Å². The van der Waals surface area contributed by atoms with Gasteiger partial charge in [-0.15, -0.1) is 0 Å². The summed E-state index contributed by atoms with van der Waals surface area (Å²) in [5.74, 6) is -1.69. The molecule has 2 heterocycles. The molecule has 9 heteroatoms.